The van der Waals surface area contributed by atoms with Crippen molar-refractivity contribution in [2.45, 2.75) is 71.1 Å². The van der Waals surface area contributed by atoms with Crippen molar-refractivity contribution < 1.29 is 4.79 Å². The fourth-order valence-electron chi connectivity index (χ4n) is 3.38. The molecule has 0 spiro atoms. The average Bonchev–Trinajstić information content (AvgIpc) is 3.22. The van der Waals surface area contributed by atoms with Crippen molar-refractivity contribution in [3.8, 4) is 0 Å². The second-order valence-corrected chi connectivity index (χ2v) is 6.60. The number of carbonyl (C=O) groups is 1. The zero-order chi connectivity index (χ0) is 15.0. The lowest BCUT2D eigenvalue weighted by Crippen LogP contribution is -2.33. The Balaban J connectivity index is 1.86. The molecule has 2 fully saturated rings. The number of nitrogens with one attached hydrogen (secondary N) is 1. The smallest absolute Gasteiger partial charge is 0.241 e. The van der Waals surface area contributed by atoms with Crippen molar-refractivity contribution >= 4 is 5.91 Å². The lowest BCUT2D eigenvalue weighted by molar-refractivity contribution is -0.130. The van der Waals surface area contributed by atoms with Crippen molar-refractivity contribution in [3.05, 3.63) is 34.9 Å². The van der Waals surface area contributed by atoms with Crippen LogP contribution in [0.2, 0.25) is 0 Å². The van der Waals surface area contributed by atoms with Gasteiger partial charge in [0.1, 0.15) is 6.17 Å². The van der Waals surface area contributed by atoms with Crippen molar-refractivity contribution in [1.82, 2.24) is 10.2 Å². The Kier molecular flexibility index (Phi) is 4.03. The van der Waals surface area contributed by atoms with Crippen LogP contribution in [-0.4, -0.2) is 22.9 Å². The van der Waals surface area contributed by atoms with Crippen LogP contribution < -0.4 is 5.32 Å². The third kappa shape index (κ3) is 2.84. The van der Waals surface area contributed by atoms with Crippen LogP contribution in [0, 0.1) is 13.8 Å². The number of rotatable bonds is 5. The van der Waals surface area contributed by atoms with E-state index < -0.39 is 0 Å². The predicted molar refractivity (Wildman–Crippen MR) is 85.0 cm³/mol. The van der Waals surface area contributed by atoms with Gasteiger partial charge in [-0.2, -0.15) is 0 Å². The summed E-state index contributed by atoms with van der Waals surface area (Å²) >= 11 is 0. The Labute approximate surface area is 127 Å². The van der Waals surface area contributed by atoms with Crippen molar-refractivity contribution in [3.63, 3.8) is 0 Å². The molecule has 1 aromatic rings. The summed E-state index contributed by atoms with van der Waals surface area (Å²) in [6.45, 7) is 6.45. The highest BCUT2D eigenvalue weighted by Crippen LogP contribution is 2.38. The molecule has 1 N–H and O–H groups in total. The standard InChI is InChI=1S/C18H26N2O/c1-4-5-6-16-18(21)20(14-8-9-14)17(19-16)15-10-7-12(2)11-13(15)3/h7,10-11,14,16-17,19H,4-6,8-9H2,1-3H3. The number of hydrogen-bond donors (Lipinski definition) is 1. The molecule has 1 aliphatic heterocycles. The summed E-state index contributed by atoms with van der Waals surface area (Å²) in [5.41, 5.74) is 3.82. The van der Waals surface area contributed by atoms with E-state index in [1.807, 2.05) is 0 Å². The van der Waals surface area contributed by atoms with Crippen LogP contribution in [0.1, 0.15) is 61.9 Å². The molecule has 1 saturated carbocycles. The van der Waals surface area contributed by atoms with Gasteiger partial charge in [0.15, 0.2) is 0 Å². The van der Waals surface area contributed by atoms with Crippen LogP contribution in [0.4, 0.5) is 0 Å². The lowest BCUT2D eigenvalue weighted by atomic mass is 10.0. The minimum atomic E-state index is 0.0104. The molecule has 1 amide bonds. The van der Waals surface area contributed by atoms with Crippen molar-refractivity contribution in [2.24, 2.45) is 0 Å². The molecule has 1 aromatic carbocycles. The maximum atomic E-state index is 12.7. The molecule has 1 heterocycles. The van der Waals surface area contributed by atoms with Crippen LogP contribution in [0.15, 0.2) is 18.2 Å². The Bertz CT molecular complexity index is 536. The lowest BCUT2D eigenvalue weighted by Gasteiger charge is -2.25. The first-order valence-corrected chi connectivity index (χ1v) is 8.27. The summed E-state index contributed by atoms with van der Waals surface area (Å²) in [5.74, 6) is 0.316. The third-order valence-electron chi connectivity index (χ3n) is 4.70. The van der Waals surface area contributed by atoms with E-state index in [0.29, 0.717) is 11.9 Å². The summed E-state index contributed by atoms with van der Waals surface area (Å²) in [7, 11) is 0. The Morgan fingerprint density at radius 1 is 1.29 bits per heavy atom. The number of nitrogens with zero attached hydrogens (tertiary/aromatic N) is 1. The van der Waals surface area contributed by atoms with Gasteiger partial charge < -0.3 is 4.90 Å². The van der Waals surface area contributed by atoms with Crippen LogP contribution in [0.25, 0.3) is 0 Å². The molecule has 3 heteroatoms. The molecule has 0 bridgehead atoms. The van der Waals surface area contributed by atoms with Crippen molar-refractivity contribution in [2.75, 3.05) is 0 Å². The molecule has 2 unspecified atom stereocenters. The molecule has 3 nitrogen and oxygen atoms in total. The summed E-state index contributed by atoms with van der Waals surface area (Å²) < 4.78 is 0. The van der Waals surface area contributed by atoms with E-state index in [1.165, 1.54) is 16.7 Å². The van der Waals surface area contributed by atoms with E-state index >= 15 is 0 Å². The monoisotopic (exact) mass is 286 g/mol. The van der Waals surface area contributed by atoms with Gasteiger partial charge in [0.2, 0.25) is 5.91 Å². The highest BCUT2D eigenvalue weighted by Gasteiger charge is 2.46. The van der Waals surface area contributed by atoms with Gasteiger partial charge in [0, 0.05) is 6.04 Å². The van der Waals surface area contributed by atoms with E-state index in [-0.39, 0.29) is 12.2 Å². The van der Waals surface area contributed by atoms with Crippen LogP contribution in [0.5, 0.6) is 0 Å². The SMILES string of the molecule is CCCCC1NC(c2ccc(C)cc2C)N(C2CC2)C1=O. The third-order valence-corrected chi connectivity index (χ3v) is 4.70. The number of hydrogen-bond acceptors (Lipinski definition) is 2. The van der Waals surface area contributed by atoms with E-state index in [1.54, 1.807) is 0 Å². The maximum Gasteiger partial charge on any atom is 0.241 e. The minimum absolute atomic E-state index is 0.0104. The van der Waals surface area contributed by atoms with E-state index in [2.05, 4.69) is 49.2 Å². The number of unbranched alkanes of at least 4 members (excludes halogenated alkanes) is 1. The Hall–Kier alpha value is -1.35. The van der Waals surface area contributed by atoms with Crippen LogP contribution >= 0.6 is 0 Å². The number of aryl methyl sites for hydroxylation is 2. The molecular weight excluding hydrogens is 260 g/mol. The molecule has 21 heavy (non-hydrogen) atoms. The van der Waals surface area contributed by atoms with E-state index in [9.17, 15) is 4.79 Å². The second kappa shape index (κ2) is 5.80. The zero-order valence-corrected chi connectivity index (χ0v) is 13.4. The van der Waals surface area contributed by atoms with Gasteiger partial charge in [0.05, 0.1) is 6.04 Å². The molecule has 114 valence electrons. The topological polar surface area (TPSA) is 32.3 Å². The zero-order valence-electron chi connectivity index (χ0n) is 13.4. The molecule has 1 aliphatic carbocycles. The molecule has 0 radical (unpaired) electrons. The Morgan fingerprint density at radius 2 is 2.05 bits per heavy atom. The second-order valence-electron chi connectivity index (χ2n) is 6.60. The van der Waals surface area contributed by atoms with Crippen molar-refractivity contribution in [1.29, 1.82) is 0 Å². The molecule has 0 aromatic heterocycles. The first-order chi connectivity index (χ1) is 10.1. The number of carbonyl (C=O) groups excluding carboxylic acids is 1. The normalized spacial score (nSPS) is 25.7. The van der Waals surface area contributed by atoms with Gasteiger partial charge in [-0.15, -0.1) is 0 Å². The van der Waals surface area contributed by atoms with Crippen LogP contribution in [0.3, 0.4) is 0 Å². The summed E-state index contributed by atoms with van der Waals surface area (Å²) in [6, 6.07) is 7.02. The van der Waals surface area contributed by atoms with Gasteiger partial charge >= 0.3 is 0 Å². The van der Waals surface area contributed by atoms with Gasteiger partial charge in [0.25, 0.3) is 0 Å². The largest absolute Gasteiger partial charge is 0.319 e. The van der Waals surface area contributed by atoms with Gasteiger partial charge in [-0.25, -0.2) is 0 Å². The fourth-order valence-corrected chi connectivity index (χ4v) is 3.38. The summed E-state index contributed by atoms with van der Waals surface area (Å²) in [4.78, 5) is 14.8. The van der Waals surface area contributed by atoms with E-state index in [4.69, 9.17) is 0 Å². The summed E-state index contributed by atoms with van der Waals surface area (Å²) in [5, 5.41) is 3.60. The highest BCUT2D eigenvalue weighted by molar-refractivity contribution is 5.85. The van der Waals surface area contributed by atoms with Gasteiger partial charge in [-0.3, -0.25) is 10.1 Å². The highest BCUT2D eigenvalue weighted by atomic mass is 16.2. The fraction of sp³-hybridized carbons (Fsp3) is 0.611. The average molecular weight is 286 g/mol. The molecular formula is C18H26N2O. The first kappa shape index (κ1) is 14.6. The molecule has 2 atom stereocenters. The quantitative estimate of drug-likeness (QED) is 0.899. The van der Waals surface area contributed by atoms with E-state index in [0.717, 1.165) is 32.1 Å². The predicted octanol–water partition coefficient (Wildman–Crippen LogP) is 3.46. The van der Waals surface area contributed by atoms with Gasteiger partial charge in [-0.1, -0.05) is 43.5 Å². The summed E-state index contributed by atoms with van der Waals surface area (Å²) in [6.07, 6.45) is 5.61. The molecule has 2 aliphatic rings. The number of benzene rings is 1. The first-order valence-electron chi connectivity index (χ1n) is 8.27. The number of amides is 1. The van der Waals surface area contributed by atoms with Gasteiger partial charge in [-0.05, 0) is 44.2 Å². The minimum Gasteiger partial charge on any atom is -0.319 e. The Morgan fingerprint density at radius 3 is 2.67 bits per heavy atom. The van der Waals surface area contributed by atoms with Crippen LogP contribution in [-0.2, 0) is 4.79 Å². The maximum absolute atomic E-state index is 12.7. The molecule has 1 saturated heterocycles. The molecule has 3 rings (SSSR count).